The van der Waals surface area contributed by atoms with E-state index in [4.69, 9.17) is 21.1 Å². The molecular weight excluding hydrogens is 224 g/mol. The van der Waals surface area contributed by atoms with Gasteiger partial charge in [-0.05, 0) is 30.6 Å². The summed E-state index contributed by atoms with van der Waals surface area (Å²) >= 11 is 5.88. The molecule has 1 atom stereocenters. The minimum atomic E-state index is -0.167. The molecule has 0 spiro atoms. The van der Waals surface area contributed by atoms with Gasteiger partial charge in [-0.15, -0.1) is 11.6 Å². The molecule has 0 amide bonds. The molecule has 0 bridgehead atoms. The number of alkyl halides is 1. The molecule has 2 aliphatic heterocycles. The van der Waals surface area contributed by atoms with Crippen molar-refractivity contribution in [2.75, 3.05) is 6.61 Å². The molecule has 16 heavy (non-hydrogen) atoms. The van der Waals surface area contributed by atoms with Gasteiger partial charge < -0.3 is 9.47 Å². The van der Waals surface area contributed by atoms with Gasteiger partial charge in [-0.3, -0.25) is 0 Å². The van der Waals surface area contributed by atoms with Crippen LogP contribution >= 0.6 is 11.6 Å². The van der Waals surface area contributed by atoms with Crippen molar-refractivity contribution >= 4 is 11.6 Å². The molecule has 0 saturated carbocycles. The number of halogens is 1. The van der Waals surface area contributed by atoms with Crippen molar-refractivity contribution in [3.05, 3.63) is 23.4 Å². The van der Waals surface area contributed by atoms with Gasteiger partial charge in [0.2, 0.25) is 5.76 Å². The van der Waals surface area contributed by atoms with E-state index in [1.165, 1.54) is 0 Å². The summed E-state index contributed by atoms with van der Waals surface area (Å²) in [7, 11) is 0. The molecule has 0 radical (unpaired) electrons. The second-order valence-electron chi connectivity index (χ2n) is 2.98. The molecule has 2 rings (SSSR count). The first-order valence-corrected chi connectivity index (χ1v) is 5.08. The van der Waals surface area contributed by atoms with Crippen molar-refractivity contribution in [1.29, 1.82) is 0 Å². The van der Waals surface area contributed by atoms with Gasteiger partial charge in [0.1, 0.15) is 12.0 Å². The molecule has 0 aromatic rings. The predicted octanol–water partition coefficient (Wildman–Crippen LogP) is 1.78. The number of hydrogen-bond donors (Lipinski definition) is 0. The van der Waals surface area contributed by atoms with Crippen LogP contribution in [0.5, 0.6) is 0 Å². The number of allylic oxidation sites excluding steroid dienone is 1. The smallest absolute Gasteiger partial charge is 0.209 e. The van der Waals surface area contributed by atoms with Gasteiger partial charge in [0.05, 0.1) is 0 Å². The number of ether oxygens (including phenoxy) is 2. The highest BCUT2D eigenvalue weighted by Gasteiger charge is 2.40. The Morgan fingerprint density at radius 1 is 1.31 bits per heavy atom. The summed E-state index contributed by atoms with van der Waals surface area (Å²) in [6.07, 6.45) is 1.62. The third kappa shape index (κ3) is 2.34. The summed E-state index contributed by atoms with van der Waals surface area (Å²) in [5.74, 6) is 17.9. The van der Waals surface area contributed by atoms with E-state index in [-0.39, 0.29) is 5.38 Å². The SMILES string of the molecule is CC#CC#CC#CC=C1OCC(Cl)C2=C1O2. The quantitative estimate of drug-likeness (QED) is 0.467. The highest BCUT2D eigenvalue weighted by atomic mass is 35.5. The van der Waals surface area contributed by atoms with Gasteiger partial charge in [-0.25, -0.2) is 0 Å². The predicted molar refractivity (Wildman–Crippen MR) is 60.8 cm³/mol. The van der Waals surface area contributed by atoms with Crippen molar-refractivity contribution < 1.29 is 9.47 Å². The Hall–Kier alpha value is -1.95. The molecule has 0 saturated heterocycles. The lowest BCUT2D eigenvalue weighted by atomic mass is 10.3. The zero-order chi connectivity index (χ0) is 11.4. The Balaban J connectivity index is 2.02. The summed E-state index contributed by atoms with van der Waals surface area (Å²) in [6.45, 7) is 2.14. The zero-order valence-corrected chi connectivity index (χ0v) is 9.31. The van der Waals surface area contributed by atoms with Gasteiger partial charge in [0.25, 0.3) is 0 Å². The average molecular weight is 231 g/mol. The third-order valence-corrected chi connectivity index (χ3v) is 2.20. The summed E-state index contributed by atoms with van der Waals surface area (Å²) in [4.78, 5) is 0. The maximum atomic E-state index is 5.88. The fourth-order valence-corrected chi connectivity index (χ4v) is 1.34. The first kappa shape index (κ1) is 10.6. The first-order valence-electron chi connectivity index (χ1n) is 4.64. The maximum absolute atomic E-state index is 5.88. The molecule has 2 aliphatic rings. The standard InChI is InChI=1S/C13H7ClO2/c1-2-3-4-5-6-7-8-11-13-12(16-13)10(14)9-15-11/h8,10H,9H2,1H3. The van der Waals surface area contributed by atoms with Crippen molar-refractivity contribution in [2.24, 2.45) is 0 Å². The molecule has 3 heteroatoms. The maximum Gasteiger partial charge on any atom is 0.209 e. The Kier molecular flexibility index (Phi) is 3.11. The molecule has 0 fully saturated rings. The van der Waals surface area contributed by atoms with Crippen LogP contribution in [0.3, 0.4) is 0 Å². The van der Waals surface area contributed by atoms with E-state index in [9.17, 15) is 0 Å². The van der Waals surface area contributed by atoms with Gasteiger partial charge in [-0.2, -0.15) is 0 Å². The Labute approximate surface area is 99.3 Å². The van der Waals surface area contributed by atoms with Crippen LogP contribution in [-0.2, 0) is 9.47 Å². The van der Waals surface area contributed by atoms with E-state index >= 15 is 0 Å². The van der Waals surface area contributed by atoms with Crippen molar-refractivity contribution in [2.45, 2.75) is 12.3 Å². The first-order chi connectivity index (χ1) is 7.83. The molecule has 0 aromatic heterocycles. The van der Waals surface area contributed by atoms with E-state index in [1.807, 2.05) is 0 Å². The third-order valence-electron chi connectivity index (χ3n) is 1.88. The lowest BCUT2D eigenvalue weighted by Crippen LogP contribution is -2.10. The zero-order valence-electron chi connectivity index (χ0n) is 8.56. The summed E-state index contributed by atoms with van der Waals surface area (Å²) < 4.78 is 10.5. The topological polar surface area (TPSA) is 21.8 Å². The molecule has 0 N–H and O–H groups in total. The Morgan fingerprint density at radius 2 is 2.12 bits per heavy atom. The van der Waals surface area contributed by atoms with E-state index in [2.05, 4.69) is 35.5 Å². The Morgan fingerprint density at radius 3 is 2.94 bits per heavy atom. The van der Waals surface area contributed by atoms with Crippen LogP contribution in [-0.4, -0.2) is 12.0 Å². The molecule has 78 valence electrons. The molecule has 1 unspecified atom stereocenters. The second-order valence-corrected chi connectivity index (χ2v) is 3.50. The van der Waals surface area contributed by atoms with Crippen molar-refractivity contribution in [3.63, 3.8) is 0 Å². The monoisotopic (exact) mass is 230 g/mol. The number of rotatable bonds is 0. The van der Waals surface area contributed by atoms with Crippen LogP contribution in [0.2, 0.25) is 0 Å². The van der Waals surface area contributed by atoms with Crippen LogP contribution in [0.1, 0.15) is 6.92 Å². The molecule has 2 nitrogen and oxygen atoms in total. The van der Waals surface area contributed by atoms with Gasteiger partial charge in [-0.1, -0.05) is 11.8 Å². The summed E-state index contributed by atoms with van der Waals surface area (Å²) in [6, 6.07) is 0. The fourth-order valence-electron chi connectivity index (χ4n) is 1.14. The average Bonchev–Trinajstić information content (AvgIpc) is 3.07. The molecule has 0 aromatic carbocycles. The van der Waals surface area contributed by atoms with E-state index in [1.54, 1.807) is 13.0 Å². The highest BCUT2D eigenvalue weighted by molar-refractivity contribution is 6.22. The van der Waals surface area contributed by atoms with E-state index in [0.717, 1.165) is 5.76 Å². The molecule has 2 heterocycles. The van der Waals surface area contributed by atoms with Crippen molar-refractivity contribution in [1.82, 2.24) is 0 Å². The van der Waals surface area contributed by atoms with Crippen LogP contribution in [0.4, 0.5) is 0 Å². The molecular formula is C13H7ClO2. The van der Waals surface area contributed by atoms with Gasteiger partial charge in [0, 0.05) is 6.08 Å². The number of hydrogen-bond acceptors (Lipinski definition) is 2. The minimum Gasteiger partial charge on any atom is -0.487 e. The largest absolute Gasteiger partial charge is 0.487 e. The van der Waals surface area contributed by atoms with Crippen molar-refractivity contribution in [3.8, 4) is 35.5 Å². The van der Waals surface area contributed by atoms with Crippen LogP contribution in [0.15, 0.2) is 23.4 Å². The van der Waals surface area contributed by atoms with Crippen LogP contribution < -0.4 is 0 Å². The fraction of sp³-hybridized carbons (Fsp3) is 0.231. The lowest BCUT2D eigenvalue weighted by molar-refractivity contribution is 0.223. The second kappa shape index (κ2) is 4.71. The Bertz CT molecular complexity index is 550. The minimum absolute atomic E-state index is 0.167. The lowest BCUT2D eigenvalue weighted by Gasteiger charge is -2.07. The van der Waals surface area contributed by atoms with Crippen LogP contribution in [0, 0.1) is 35.5 Å². The summed E-state index contributed by atoms with van der Waals surface area (Å²) in [5, 5.41) is -0.167. The highest BCUT2D eigenvalue weighted by Crippen LogP contribution is 2.41. The van der Waals surface area contributed by atoms with Crippen LogP contribution in [0.25, 0.3) is 0 Å². The molecule has 0 aliphatic carbocycles. The van der Waals surface area contributed by atoms with E-state index in [0.29, 0.717) is 18.1 Å². The van der Waals surface area contributed by atoms with Gasteiger partial charge >= 0.3 is 0 Å². The van der Waals surface area contributed by atoms with E-state index < -0.39 is 0 Å². The summed E-state index contributed by atoms with van der Waals surface area (Å²) in [5.41, 5.74) is 0. The van der Waals surface area contributed by atoms with Gasteiger partial charge in [0.15, 0.2) is 11.5 Å². The normalized spacial score (nSPS) is 22.1.